The summed E-state index contributed by atoms with van der Waals surface area (Å²) in [5, 5.41) is 8.55. The van der Waals surface area contributed by atoms with Crippen molar-refractivity contribution in [2.45, 2.75) is 0 Å². The number of benzene rings is 2. The van der Waals surface area contributed by atoms with E-state index >= 15 is 0 Å². The second kappa shape index (κ2) is 11.8. The fraction of sp³-hybridized carbons (Fsp3) is 0.348. The minimum Gasteiger partial charge on any atom is -0.383 e. The lowest BCUT2D eigenvalue weighted by Gasteiger charge is -2.27. The Morgan fingerprint density at radius 1 is 1.00 bits per heavy atom. The number of morpholine rings is 1. The summed E-state index contributed by atoms with van der Waals surface area (Å²) >= 11 is 0. The molecule has 0 radical (unpaired) electrons. The molecule has 0 atom stereocenters. The van der Waals surface area contributed by atoms with E-state index in [0.29, 0.717) is 62.0 Å². The fourth-order valence-corrected chi connectivity index (χ4v) is 3.17. The van der Waals surface area contributed by atoms with Crippen LogP contribution in [0.15, 0.2) is 48.5 Å². The molecule has 3 N–H and O–H groups in total. The number of anilines is 2. The number of amides is 3. The Hall–Kier alpha value is -3.43. The molecule has 2 aromatic rings. The number of ether oxygens (including phenoxy) is 2. The Bertz CT molecular complexity index is 926. The molecule has 3 amide bonds. The minimum atomic E-state index is -0.243. The van der Waals surface area contributed by atoms with Crippen LogP contribution in [0.1, 0.15) is 20.7 Å². The highest BCUT2D eigenvalue weighted by atomic mass is 16.5. The van der Waals surface area contributed by atoms with E-state index in [1.54, 1.807) is 60.5 Å². The summed E-state index contributed by atoms with van der Waals surface area (Å²) in [5.41, 5.74) is 2.33. The number of hydrogen-bond donors (Lipinski definition) is 3. The van der Waals surface area contributed by atoms with Gasteiger partial charge in [-0.15, -0.1) is 0 Å². The summed E-state index contributed by atoms with van der Waals surface area (Å²) < 4.78 is 10.2. The van der Waals surface area contributed by atoms with Crippen molar-refractivity contribution in [3.8, 4) is 0 Å². The Morgan fingerprint density at radius 3 is 2.47 bits per heavy atom. The minimum absolute atomic E-state index is 0.0362. The summed E-state index contributed by atoms with van der Waals surface area (Å²) in [6.45, 7) is 3.15. The maximum atomic E-state index is 12.6. The van der Waals surface area contributed by atoms with Crippen LogP contribution in [-0.4, -0.2) is 75.7 Å². The van der Waals surface area contributed by atoms with E-state index in [2.05, 4.69) is 16.0 Å². The average Bonchev–Trinajstić information content (AvgIpc) is 2.83. The number of nitrogens with zero attached hydrogens (tertiary/aromatic N) is 1. The van der Waals surface area contributed by atoms with Crippen molar-refractivity contribution in [2.75, 3.05) is 63.7 Å². The maximum absolute atomic E-state index is 12.6. The first-order valence-corrected chi connectivity index (χ1v) is 10.4. The number of rotatable bonds is 9. The molecule has 32 heavy (non-hydrogen) atoms. The first kappa shape index (κ1) is 23.2. The first-order valence-electron chi connectivity index (χ1n) is 10.4. The molecule has 1 aliphatic heterocycles. The number of hydrogen-bond acceptors (Lipinski definition) is 6. The van der Waals surface area contributed by atoms with Gasteiger partial charge in [0.2, 0.25) is 5.91 Å². The molecule has 1 aliphatic rings. The van der Waals surface area contributed by atoms with Gasteiger partial charge in [-0.2, -0.15) is 0 Å². The van der Waals surface area contributed by atoms with Crippen LogP contribution in [0, 0.1) is 0 Å². The number of methoxy groups -OCH3 is 1. The van der Waals surface area contributed by atoms with E-state index in [9.17, 15) is 14.4 Å². The molecule has 0 aromatic heterocycles. The van der Waals surface area contributed by atoms with Crippen LogP contribution in [0.2, 0.25) is 0 Å². The summed E-state index contributed by atoms with van der Waals surface area (Å²) in [6, 6.07) is 13.7. The van der Waals surface area contributed by atoms with Crippen molar-refractivity contribution >= 4 is 29.1 Å². The molecule has 1 heterocycles. The predicted molar refractivity (Wildman–Crippen MR) is 121 cm³/mol. The smallest absolute Gasteiger partial charge is 0.254 e. The third kappa shape index (κ3) is 6.79. The van der Waals surface area contributed by atoms with E-state index in [4.69, 9.17) is 9.47 Å². The van der Waals surface area contributed by atoms with Gasteiger partial charge in [0.05, 0.1) is 26.4 Å². The van der Waals surface area contributed by atoms with Crippen LogP contribution in [0.25, 0.3) is 0 Å². The van der Waals surface area contributed by atoms with E-state index in [1.165, 1.54) is 0 Å². The molecule has 9 heteroatoms. The highest BCUT2D eigenvalue weighted by Crippen LogP contribution is 2.14. The van der Waals surface area contributed by atoms with Gasteiger partial charge in [-0.25, -0.2) is 0 Å². The monoisotopic (exact) mass is 440 g/mol. The van der Waals surface area contributed by atoms with Crippen LogP contribution in [0.4, 0.5) is 11.4 Å². The molecule has 0 saturated carbocycles. The van der Waals surface area contributed by atoms with Gasteiger partial charge in [-0.1, -0.05) is 6.07 Å². The van der Waals surface area contributed by atoms with Gasteiger partial charge in [-0.05, 0) is 42.5 Å². The lowest BCUT2D eigenvalue weighted by Crippen LogP contribution is -2.40. The molecule has 1 fully saturated rings. The van der Waals surface area contributed by atoms with Gasteiger partial charge in [0.1, 0.15) is 0 Å². The third-order valence-electron chi connectivity index (χ3n) is 4.88. The summed E-state index contributed by atoms with van der Waals surface area (Å²) in [5.74, 6) is -0.493. The van der Waals surface area contributed by atoms with Crippen molar-refractivity contribution in [1.82, 2.24) is 10.2 Å². The van der Waals surface area contributed by atoms with E-state index < -0.39 is 0 Å². The van der Waals surface area contributed by atoms with Crippen molar-refractivity contribution < 1.29 is 23.9 Å². The van der Waals surface area contributed by atoms with Gasteiger partial charge >= 0.3 is 0 Å². The van der Waals surface area contributed by atoms with Crippen LogP contribution >= 0.6 is 0 Å². The molecule has 0 aliphatic carbocycles. The Balaban J connectivity index is 1.48. The number of carbonyl (C=O) groups is 3. The molecule has 3 rings (SSSR count). The zero-order chi connectivity index (χ0) is 22.8. The summed E-state index contributed by atoms with van der Waals surface area (Å²) in [4.78, 5) is 38.7. The SMILES string of the molecule is COCCNC(=O)c1ccc(NC(=O)CNc2cccc(C(=O)N3CCOCC3)c2)cc1. The van der Waals surface area contributed by atoms with Gasteiger partial charge in [0.15, 0.2) is 0 Å². The summed E-state index contributed by atoms with van der Waals surface area (Å²) in [7, 11) is 1.57. The van der Waals surface area contributed by atoms with Crippen molar-refractivity contribution in [1.29, 1.82) is 0 Å². The zero-order valence-corrected chi connectivity index (χ0v) is 18.1. The van der Waals surface area contributed by atoms with Crippen LogP contribution in [0.3, 0.4) is 0 Å². The fourth-order valence-electron chi connectivity index (χ4n) is 3.17. The highest BCUT2D eigenvalue weighted by Gasteiger charge is 2.18. The molecule has 9 nitrogen and oxygen atoms in total. The lowest BCUT2D eigenvalue weighted by atomic mass is 10.1. The van der Waals surface area contributed by atoms with Gasteiger partial charge in [0.25, 0.3) is 11.8 Å². The van der Waals surface area contributed by atoms with E-state index in [0.717, 1.165) is 0 Å². The molecule has 1 saturated heterocycles. The number of carbonyl (C=O) groups excluding carboxylic acids is 3. The molecule has 2 aromatic carbocycles. The van der Waals surface area contributed by atoms with Crippen molar-refractivity contribution in [3.05, 3.63) is 59.7 Å². The third-order valence-corrected chi connectivity index (χ3v) is 4.88. The molecule has 0 bridgehead atoms. The van der Waals surface area contributed by atoms with Gasteiger partial charge < -0.3 is 30.3 Å². The van der Waals surface area contributed by atoms with Crippen LogP contribution in [-0.2, 0) is 14.3 Å². The molecular weight excluding hydrogens is 412 g/mol. The lowest BCUT2D eigenvalue weighted by molar-refractivity contribution is -0.114. The molecule has 0 spiro atoms. The topological polar surface area (TPSA) is 109 Å². The summed E-state index contributed by atoms with van der Waals surface area (Å²) in [6.07, 6.45) is 0. The second-order valence-electron chi connectivity index (χ2n) is 7.21. The van der Waals surface area contributed by atoms with E-state index in [-0.39, 0.29) is 24.3 Å². The maximum Gasteiger partial charge on any atom is 0.254 e. The predicted octanol–water partition coefficient (Wildman–Crippen LogP) is 1.59. The highest BCUT2D eigenvalue weighted by molar-refractivity contribution is 5.97. The van der Waals surface area contributed by atoms with Crippen LogP contribution < -0.4 is 16.0 Å². The first-order chi connectivity index (χ1) is 15.6. The Kier molecular flexibility index (Phi) is 8.59. The van der Waals surface area contributed by atoms with Gasteiger partial charge in [-0.3, -0.25) is 14.4 Å². The second-order valence-corrected chi connectivity index (χ2v) is 7.21. The van der Waals surface area contributed by atoms with Crippen molar-refractivity contribution in [3.63, 3.8) is 0 Å². The van der Waals surface area contributed by atoms with Crippen LogP contribution in [0.5, 0.6) is 0 Å². The average molecular weight is 441 g/mol. The van der Waals surface area contributed by atoms with Gasteiger partial charge in [0, 0.05) is 49.2 Å². The normalized spacial score (nSPS) is 13.3. The largest absolute Gasteiger partial charge is 0.383 e. The quantitative estimate of drug-likeness (QED) is 0.511. The molecule has 170 valence electrons. The Morgan fingerprint density at radius 2 is 1.75 bits per heavy atom. The van der Waals surface area contributed by atoms with E-state index in [1.807, 2.05) is 0 Å². The zero-order valence-electron chi connectivity index (χ0n) is 18.1. The molecule has 0 unspecified atom stereocenters. The molecular formula is C23H28N4O5. The number of nitrogens with one attached hydrogen (secondary N) is 3. The van der Waals surface area contributed by atoms with Crippen molar-refractivity contribution in [2.24, 2.45) is 0 Å². The Labute approximate surface area is 187 Å². The standard InChI is InChI=1S/C23H28N4O5/c1-31-12-9-24-22(29)17-5-7-19(8-6-17)26-21(28)16-25-20-4-2-3-18(15-20)23(30)27-10-13-32-14-11-27/h2-8,15,25H,9-14,16H2,1H3,(H,24,29)(H,26,28).